The summed E-state index contributed by atoms with van der Waals surface area (Å²) in [6.45, 7) is 0.371. The Morgan fingerprint density at radius 3 is 3.00 bits per heavy atom. The monoisotopic (exact) mass is 209 g/mol. The van der Waals surface area contributed by atoms with E-state index in [0.29, 0.717) is 12.5 Å². The molecule has 0 amide bonds. The maximum Gasteiger partial charge on any atom is 0.422 e. The molecule has 1 saturated carbocycles. The molecule has 0 aromatic carbocycles. The summed E-state index contributed by atoms with van der Waals surface area (Å²) in [7, 11) is 0. The standard InChI is InChI=1S/C9H11N3O3/c10-7-3-4-12(8(13)11-7)9(14)15-5-6-1-2-6/h3-4,6H,1-2,5H2,(H2,10,11,13). The van der Waals surface area contributed by atoms with Gasteiger partial charge in [-0.05, 0) is 24.8 Å². The van der Waals surface area contributed by atoms with E-state index in [2.05, 4.69) is 4.98 Å². The average molecular weight is 209 g/mol. The van der Waals surface area contributed by atoms with Gasteiger partial charge in [-0.25, -0.2) is 14.2 Å². The van der Waals surface area contributed by atoms with Gasteiger partial charge in [-0.1, -0.05) is 0 Å². The van der Waals surface area contributed by atoms with Crippen LogP contribution in [0.2, 0.25) is 0 Å². The number of nitrogens with zero attached hydrogens (tertiary/aromatic N) is 2. The highest BCUT2D eigenvalue weighted by atomic mass is 16.5. The number of hydrogen-bond acceptors (Lipinski definition) is 5. The van der Waals surface area contributed by atoms with Crippen molar-refractivity contribution in [1.29, 1.82) is 0 Å². The molecule has 0 aliphatic heterocycles. The molecular formula is C9H11N3O3. The molecule has 1 aliphatic carbocycles. The van der Waals surface area contributed by atoms with Gasteiger partial charge >= 0.3 is 11.8 Å². The quantitative estimate of drug-likeness (QED) is 0.752. The lowest BCUT2D eigenvalue weighted by atomic mass is 10.5. The van der Waals surface area contributed by atoms with Crippen LogP contribution in [0.25, 0.3) is 0 Å². The van der Waals surface area contributed by atoms with Gasteiger partial charge in [0.15, 0.2) is 0 Å². The first-order valence-electron chi connectivity index (χ1n) is 4.69. The summed E-state index contributed by atoms with van der Waals surface area (Å²) in [4.78, 5) is 26.0. The lowest BCUT2D eigenvalue weighted by Gasteiger charge is -2.04. The molecule has 0 spiro atoms. The predicted molar refractivity (Wildman–Crippen MR) is 52.4 cm³/mol. The molecule has 0 saturated heterocycles. The molecule has 0 unspecified atom stereocenters. The van der Waals surface area contributed by atoms with Crippen molar-refractivity contribution in [2.24, 2.45) is 5.92 Å². The van der Waals surface area contributed by atoms with Crippen LogP contribution >= 0.6 is 0 Å². The highest BCUT2D eigenvalue weighted by Crippen LogP contribution is 2.28. The van der Waals surface area contributed by atoms with Crippen LogP contribution in [0.5, 0.6) is 0 Å². The molecule has 0 radical (unpaired) electrons. The fourth-order valence-corrected chi connectivity index (χ4v) is 1.10. The molecule has 6 heteroatoms. The van der Waals surface area contributed by atoms with Crippen LogP contribution in [0.1, 0.15) is 12.8 Å². The highest BCUT2D eigenvalue weighted by molar-refractivity contribution is 5.70. The zero-order valence-corrected chi connectivity index (χ0v) is 8.05. The van der Waals surface area contributed by atoms with Crippen molar-refractivity contribution in [3.8, 4) is 0 Å². The Kier molecular flexibility index (Phi) is 2.40. The third-order valence-corrected chi connectivity index (χ3v) is 2.16. The fraction of sp³-hybridized carbons (Fsp3) is 0.444. The van der Waals surface area contributed by atoms with Crippen LogP contribution in [0.15, 0.2) is 17.1 Å². The Labute approximate surface area is 85.7 Å². The van der Waals surface area contributed by atoms with E-state index in [9.17, 15) is 9.59 Å². The summed E-state index contributed by atoms with van der Waals surface area (Å²) in [5.41, 5.74) is 4.57. The molecule has 1 aliphatic rings. The van der Waals surface area contributed by atoms with Crippen LogP contribution in [-0.4, -0.2) is 22.3 Å². The molecule has 0 bridgehead atoms. The molecule has 6 nitrogen and oxygen atoms in total. The van der Waals surface area contributed by atoms with E-state index in [4.69, 9.17) is 10.5 Å². The molecule has 1 aromatic heterocycles. The van der Waals surface area contributed by atoms with E-state index in [0.717, 1.165) is 17.4 Å². The Morgan fingerprint density at radius 1 is 1.67 bits per heavy atom. The SMILES string of the molecule is Nc1ccn(C(=O)OCC2CC2)c(=O)n1. The zero-order valence-electron chi connectivity index (χ0n) is 8.05. The number of carbonyl (C=O) groups is 1. The number of carbonyl (C=O) groups excluding carboxylic acids is 1. The minimum Gasteiger partial charge on any atom is -0.449 e. The van der Waals surface area contributed by atoms with Crippen molar-refractivity contribution in [1.82, 2.24) is 9.55 Å². The molecular weight excluding hydrogens is 198 g/mol. The Morgan fingerprint density at radius 2 is 2.40 bits per heavy atom. The number of hydrogen-bond donors (Lipinski definition) is 1. The summed E-state index contributed by atoms with van der Waals surface area (Å²) in [6.07, 6.45) is 2.74. The van der Waals surface area contributed by atoms with Crippen LogP contribution in [-0.2, 0) is 4.74 Å². The zero-order chi connectivity index (χ0) is 10.8. The van der Waals surface area contributed by atoms with Crippen molar-refractivity contribution in [3.05, 3.63) is 22.7 Å². The number of nitrogens with two attached hydrogens (primary N) is 1. The molecule has 15 heavy (non-hydrogen) atoms. The van der Waals surface area contributed by atoms with Gasteiger partial charge in [-0.15, -0.1) is 0 Å². The van der Waals surface area contributed by atoms with Gasteiger partial charge in [0, 0.05) is 6.20 Å². The minimum absolute atomic E-state index is 0.0891. The smallest absolute Gasteiger partial charge is 0.422 e. The van der Waals surface area contributed by atoms with Gasteiger partial charge in [-0.2, -0.15) is 4.98 Å². The molecule has 2 N–H and O–H groups in total. The normalized spacial score (nSPS) is 14.9. The second kappa shape index (κ2) is 3.72. The van der Waals surface area contributed by atoms with E-state index in [1.807, 2.05) is 0 Å². The molecule has 0 atom stereocenters. The minimum atomic E-state index is -0.712. The van der Waals surface area contributed by atoms with Crippen molar-refractivity contribution in [3.63, 3.8) is 0 Å². The number of nitrogen functional groups attached to an aromatic ring is 1. The first-order valence-corrected chi connectivity index (χ1v) is 4.69. The molecule has 1 heterocycles. The summed E-state index contributed by atoms with van der Waals surface area (Å²) in [5, 5.41) is 0. The van der Waals surface area contributed by atoms with Crippen molar-refractivity contribution in [2.45, 2.75) is 12.8 Å². The first kappa shape index (κ1) is 9.70. The maximum atomic E-state index is 11.4. The average Bonchev–Trinajstić information content (AvgIpc) is 2.97. The molecule has 80 valence electrons. The molecule has 2 rings (SSSR count). The van der Waals surface area contributed by atoms with Gasteiger partial charge in [0.25, 0.3) is 0 Å². The number of aromatic nitrogens is 2. The highest BCUT2D eigenvalue weighted by Gasteiger charge is 2.23. The third kappa shape index (κ3) is 2.34. The molecule has 1 aromatic rings. The van der Waals surface area contributed by atoms with Gasteiger partial charge in [-0.3, -0.25) is 0 Å². The Hall–Kier alpha value is -1.85. The van der Waals surface area contributed by atoms with E-state index in [-0.39, 0.29) is 5.82 Å². The summed E-state index contributed by atoms with van der Waals surface area (Å²) < 4.78 is 5.72. The van der Waals surface area contributed by atoms with Gasteiger partial charge < -0.3 is 10.5 Å². The number of anilines is 1. The predicted octanol–water partition coefficient (Wildman–Crippen LogP) is 0.220. The lowest BCUT2D eigenvalue weighted by Crippen LogP contribution is -2.30. The van der Waals surface area contributed by atoms with E-state index < -0.39 is 11.8 Å². The van der Waals surface area contributed by atoms with E-state index in [1.54, 1.807) is 0 Å². The van der Waals surface area contributed by atoms with Crippen LogP contribution < -0.4 is 11.4 Å². The Bertz CT molecular complexity index is 436. The summed E-state index contributed by atoms with van der Waals surface area (Å²) in [6, 6.07) is 1.37. The van der Waals surface area contributed by atoms with Gasteiger partial charge in [0.2, 0.25) is 0 Å². The van der Waals surface area contributed by atoms with Gasteiger partial charge in [0.05, 0.1) is 6.61 Å². The number of ether oxygens (including phenoxy) is 1. The summed E-state index contributed by atoms with van der Waals surface area (Å²) in [5.74, 6) is 0.553. The maximum absolute atomic E-state index is 11.4. The lowest BCUT2D eigenvalue weighted by molar-refractivity contribution is 0.141. The third-order valence-electron chi connectivity index (χ3n) is 2.16. The second-order valence-electron chi connectivity index (χ2n) is 3.53. The van der Waals surface area contributed by atoms with Crippen LogP contribution in [0.3, 0.4) is 0 Å². The fourth-order valence-electron chi connectivity index (χ4n) is 1.10. The van der Waals surface area contributed by atoms with E-state index >= 15 is 0 Å². The van der Waals surface area contributed by atoms with Crippen molar-refractivity contribution in [2.75, 3.05) is 12.3 Å². The first-order chi connectivity index (χ1) is 7.16. The topological polar surface area (TPSA) is 87.2 Å². The summed E-state index contributed by atoms with van der Waals surface area (Å²) >= 11 is 0. The van der Waals surface area contributed by atoms with Crippen molar-refractivity contribution >= 4 is 11.9 Å². The van der Waals surface area contributed by atoms with E-state index in [1.165, 1.54) is 12.3 Å². The van der Waals surface area contributed by atoms with Crippen LogP contribution in [0.4, 0.5) is 10.6 Å². The number of rotatable bonds is 2. The Balaban J connectivity index is 2.06. The molecule has 1 fully saturated rings. The largest absolute Gasteiger partial charge is 0.449 e. The second-order valence-corrected chi connectivity index (χ2v) is 3.53. The van der Waals surface area contributed by atoms with Gasteiger partial charge in [0.1, 0.15) is 5.82 Å². The van der Waals surface area contributed by atoms with Crippen molar-refractivity contribution < 1.29 is 9.53 Å². The van der Waals surface area contributed by atoms with Crippen LogP contribution in [0, 0.1) is 5.92 Å².